The first-order valence-corrected chi connectivity index (χ1v) is 7.27. The van der Waals surface area contributed by atoms with Gasteiger partial charge in [-0.25, -0.2) is 9.18 Å². The van der Waals surface area contributed by atoms with Crippen molar-refractivity contribution in [3.63, 3.8) is 0 Å². The number of hydrogen-bond acceptors (Lipinski definition) is 5. The number of amides is 1. The number of carbonyl (C=O) groups is 2. The Bertz CT molecular complexity index is 721. The van der Waals surface area contributed by atoms with Crippen molar-refractivity contribution in [3.05, 3.63) is 59.9 Å². The molecule has 2 aromatic carbocycles. The van der Waals surface area contributed by atoms with Crippen LogP contribution in [0.2, 0.25) is 0 Å². The van der Waals surface area contributed by atoms with Crippen molar-refractivity contribution in [1.29, 1.82) is 0 Å². The molecule has 0 radical (unpaired) electrons. The third kappa shape index (κ3) is 4.79. The summed E-state index contributed by atoms with van der Waals surface area (Å²) in [6, 6.07) is 12.3. The van der Waals surface area contributed by atoms with Gasteiger partial charge in [-0.1, -0.05) is 24.3 Å². The van der Waals surface area contributed by atoms with Gasteiger partial charge in [-0.05, 0) is 24.3 Å². The van der Waals surface area contributed by atoms with Gasteiger partial charge >= 0.3 is 5.97 Å². The monoisotopic (exact) mass is 332 g/mol. The van der Waals surface area contributed by atoms with Crippen LogP contribution in [-0.4, -0.2) is 36.7 Å². The highest BCUT2D eigenvalue weighted by Crippen LogP contribution is 2.16. The summed E-state index contributed by atoms with van der Waals surface area (Å²) in [5, 5.41) is 14.0. The zero-order valence-electron chi connectivity index (χ0n) is 12.8. The number of hydrogen-bond donors (Lipinski definition) is 3. The first kappa shape index (κ1) is 17.4. The Morgan fingerprint density at radius 1 is 1.04 bits per heavy atom. The lowest BCUT2D eigenvalue weighted by Gasteiger charge is -2.11. The van der Waals surface area contributed by atoms with Crippen molar-refractivity contribution in [1.82, 2.24) is 0 Å². The fourth-order valence-corrected chi connectivity index (χ4v) is 1.96. The molecule has 0 bridgehead atoms. The lowest BCUT2D eigenvalue weighted by molar-refractivity contribution is -0.119. The minimum atomic E-state index is -0.695. The minimum Gasteiger partial charge on any atom is -0.452 e. The summed E-state index contributed by atoms with van der Waals surface area (Å²) in [6.45, 7) is -0.353. The molecule has 126 valence electrons. The van der Waals surface area contributed by atoms with Gasteiger partial charge in [-0.3, -0.25) is 4.79 Å². The fourth-order valence-electron chi connectivity index (χ4n) is 1.96. The zero-order chi connectivity index (χ0) is 17.4. The second kappa shape index (κ2) is 8.64. The summed E-state index contributed by atoms with van der Waals surface area (Å²) in [7, 11) is 0. The Balaban J connectivity index is 1.93. The number of aliphatic hydroxyl groups excluding tert-OH is 1. The van der Waals surface area contributed by atoms with E-state index in [0.717, 1.165) is 0 Å². The van der Waals surface area contributed by atoms with Crippen LogP contribution in [-0.2, 0) is 9.53 Å². The van der Waals surface area contributed by atoms with Gasteiger partial charge in [-0.15, -0.1) is 0 Å². The van der Waals surface area contributed by atoms with Crippen LogP contribution in [0.4, 0.5) is 15.8 Å². The van der Waals surface area contributed by atoms with Crippen LogP contribution in [0.1, 0.15) is 10.4 Å². The second-order valence-corrected chi connectivity index (χ2v) is 4.80. The maximum absolute atomic E-state index is 13.4. The number of halogens is 1. The van der Waals surface area contributed by atoms with E-state index in [1.807, 2.05) is 0 Å². The number of esters is 1. The molecule has 1 amide bonds. The third-order valence-electron chi connectivity index (χ3n) is 3.06. The topological polar surface area (TPSA) is 87.7 Å². The number of rotatable bonds is 7. The molecular formula is C17H17FN2O4. The summed E-state index contributed by atoms with van der Waals surface area (Å²) < 4.78 is 18.4. The molecule has 0 atom stereocenters. The molecule has 2 aromatic rings. The van der Waals surface area contributed by atoms with Crippen LogP contribution >= 0.6 is 0 Å². The maximum atomic E-state index is 13.4. The van der Waals surface area contributed by atoms with E-state index in [0.29, 0.717) is 5.69 Å². The molecule has 0 heterocycles. The van der Waals surface area contributed by atoms with E-state index in [1.165, 1.54) is 24.3 Å². The lowest BCUT2D eigenvalue weighted by Crippen LogP contribution is -2.22. The molecule has 0 aromatic heterocycles. The molecule has 2 rings (SSSR count). The van der Waals surface area contributed by atoms with E-state index >= 15 is 0 Å². The molecule has 0 saturated heterocycles. The van der Waals surface area contributed by atoms with E-state index in [9.17, 15) is 14.0 Å². The van der Waals surface area contributed by atoms with Crippen molar-refractivity contribution in [2.45, 2.75) is 0 Å². The van der Waals surface area contributed by atoms with Crippen molar-refractivity contribution in [3.8, 4) is 0 Å². The average Bonchev–Trinajstić information content (AvgIpc) is 2.60. The Kier molecular flexibility index (Phi) is 6.27. The zero-order valence-corrected chi connectivity index (χ0v) is 12.8. The van der Waals surface area contributed by atoms with Gasteiger partial charge in [0.15, 0.2) is 6.61 Å². The van der Waals surface area contributed by atoms with Gasteiger partial charge in [0, 0.05) is 12.2 Å². The smallest absolute Gasteiger partial charge is 0.340 e. The summed E-state index contributed by atoms with van der Waals surface area (Å²) in [5.41, 5.74) is 0.749. The van der Waals surface area contributed by atoms with Gasteiger partial charge in [0.2, 0.25) is 0 Å². The van der Waals surface area contributed by atoms with Crippen LogP contribution in [0, 0.1) is 5.82 Å². The summed E-state index contributed by atoms with van der Waals surface area (Å²) in [5.74, 6) is -1.91. The number of para-hydroxylation sites is 2. The van der Waals surface area contributed by atoms with E-state index in [2.05, 4.69) is 10.6 Å². The Morgan fingerprint density at radius 2 is 1.71 bits per heavy atom. The maximum Gasteiger partial charge on any atom is 0.340 e. The van der Waals surface area contributed by atoms with E-state index in [-0.39, 0.29) is 24.4 Å². The Labute approximate surface area is 138 Å². The molecule has 0 fully saturated rings. The van der Waals surface area contributed by atoms with Crippen LogP contribution in [0.5, 0.6) is 0 Å². The van der Waals surface area contributed by atoms with Crippen LogP contribution in [0.25, 0.3) is 0 Å². The summed E-state index contributed by atoms with van der Waals surface area (Å²) in [4.78, 5) is 23.8. The quantitative estimate of drug-likeness (QED) is 0.675. The third-order valence-corrected chi connectivity index (χ3v) is 3.06. The standard InChI is InChI=1S/C17H17FN2O4/c18-13-6-2-4-8-15(13)20-16(22)11-24-17(23)12-5-1-3-7-14(12)19-9-10-21/h1-8,19,21H,9-11H2,(H,20,22). The normalized spacial score (nSPS) is 10.1. The predicted molar refractivity (Wildman–Crippen MR) is 87.3 cm³/mol. The highest BCUT2D eigenvalue weighted by molar-refractivity contribution is 5.98. The van der Waals surface area contributed by atoms with Crippen molar-refractivity contribution < 1.29 is 23.8 Å². The molecule has 0 aliphatic heterocycles. The van der Waals surface area contributed by atoms with Gasteiger partial charge < -0.3 is 20.5 Å². The lowest BCUT2D eigenvalue weighted by atomic mass is 10.2. The van der Waals surface area contributed by atoms with Crippen LogP contribution in [0.15, 0.2) is 48.5 Å². The van der Waals surface area contributed by atoms with E-state index in [4.69, 9.17) is 9.84 Å². The van der Waals surface area contributed by atoms with E-state index < -0.39 is 24.3 Å². The SMILES string of the molecule is O=C(COC(=O)c1ccccc1NCCO)Nc1ccccc1F. The van der Waals surface area contributed by atoms with Gasteiger partial charge in [-0.2, -0.15) is 0 Å². The van der Waals surface area contributed by atoms with Crippen molar-refractivity contribution in [2.75, 3.05) is 30.4 Å². The first-order chi connectivity index (χ1) is 11.6. The van der Waals surface area contributed by atoms with Crippen molar-refractivity contribution >= 4 is 23.3 Å². The molecule has 7 heteroatoms. The highest BCUT2D eigenvalue weighted by atomic mass is 19.1. The molecule has 0 unspecified atom stereocenters. The predicted octanol–water partition coefficient (Wildman–Crippen LogP) is 2.03. The number of benzene rings is 2. The van der Waals surface area contributed by atoms with Crippen molar-refractivity contribution in [2.24, 2.45) is 0 Å². The van der Waals surface area contributed by atoms with Gasteiger partial charge in [0.1, 0.15) is 5.82 Å². The molecule has 0 saturated carbocycles. The van der Waals surface area contributed by atoms with E-state index in [1.54, 1.807) is 24.3 Å². The highest BCUT2D eigenvalue weighted by Gasteiger charge is 2.14. The van der Waals surface area contributed by atoms with Gasteiger partial charge in [0.25, 0.3) is 5.91 Å². The first-order valence-electron chi connectivity index (χ1n) is 7.27. The second-order valence-electron chi connectivity index (χ2n) is 4.80. The molecule has 0 aliphatic carbocycles. The number of ether oxygens (including phenoxy) is 1. The fraction of sp³-hybridized carbons (Fsp3) is 0.176. The summed E-state index contributed by atoms with van der Waals surface area (Å²) in [6.07, 6.45) is 0. The molecule has 24 heavy (non-hydrogen) atoms. The molecular weight excluding hydrogens is 315 g/mol. The average molecular weight is 332 g/mol. The molecule has 0 spiro atoms. The number of anilines is 2. The largest absolute Gasteiger partial charge is 0.452 e. The summed E-state index contributed by atoms with van der Waals surface area (Å²) >= 11 is 0. The van der Waals surface area contributed by atoms with Crippen LogP contribution < -0.4 is 10.6 Å². The van der Waals surface area contributed by atoms with Gasteiger partial charge in [0.05, 0.1) is 17.9 Å². The number of nitrogens with one attached hydrogen (secondary N) is 2. The molecule has 6 nitrogen and oxygen atoms in total. The molecule has 0 aliphatic rings. The Hall–Kier alpha value is -2.93. The van der Waals surface area contributed by atoms with Crippen LogP contribution in [0.3, 0.4) is 0 Å². The Morgan fingerprint density at radius 3 is 2.42 bits per heavy atom. The minimum absolute atomic E-state index is 0.0172. The number of carbonyl (C=O) groups excluding carboxylic acids is 2. The molecule has 3 N–H and O–H groups in total. The number of aliphatic hydroxyl groups is 1.